The van der Waals surface area contributed by atoms with Crippen LogP contribution in [0, 0.1) is 0 Å². The third kappa shape index (κ3) is 4.72. The molecule has 25 heavy (non-hydrogen) atoms. The molecule has 0 aliphatic carbocycles. The number of likely N-dealkylation sites (tertiary alicyclic amines) is 1. The molecule has 1 saturated heterocycles. The van der Waals surface area contributed by atoms with Gasteiger partial charge >= 0.3 is 0 Å². The Balaban J connectivity index is 1.38. The second-order valence-corrected chi connectivity index (χ2v) is 6.88. The lowest BCUT2D eigenvalue weighted by Crippen LogP contribution is -2.42. The molecule has 3 rings (SSSR count). The van der Waals surface area contributed by atoms with Gasteiger partial charge in [-0.25, -0.2) is 0 Å². The van der Waals surface area contributed by atoms with Crippen molar-refractivity contribution in [3.05, 3.63) is 24.3 Å². The molecule has 2 amide bonds. The van der Waals surface area contributed by atoms with Crippen LogP contribution in [0.15, 0.2) is 24.3 Å². The molecule has 0 bridgehead atoms. The second-order valence-electron chi connectivity index (χ2n) is 6.88. The number of fused-ring (bicyclic) bond motifs is 1. The van der Waals surface area contributed by atoms with Crippen LogP contribution in [-0.2, 0) is 9.59 Å². The third-order valence-corrected chi connectivity index (χ3v) is 4.96. The summed E-state index contributed by atoms with van der Waals surface area (Å²) in [6.07, 6.45) is 4.06. The number of hydrogen-bond acceptors (Lipinski definition) is 4. The van der Waals surface area contributed by atoms with E-state index >= 15 is 0 Å². The lowest BCUT2D eigenvalue weighted by molar-refractivity contribution is -0.130. The van der Waals surface area contributed by atoms with Crippen LogP contribution in [0.3, 0.4) is 0 Å². The molecule has 136 valence electrons. The molecule has 2 aliphatic heterocycles. The molecule has 6 heteroatoms. The number of anilines is 1. The molecule has 1 fully saturated rings. The van der Waals surface area contributed by atoms with Gasteiger partial charge in [-0.05, 0) is 44.9 Å². The van der Waals surface area contributed by atoms with Gasteiger partial charge in [0.05, 0.1) is 12.1 Å². The van der Waals surface area contributed by atoms with Crippen LogP contribution in [0.4, 0.5) is 5.69 Å². The zero-order valence-electron chi connectivity index (χ0n) is 14.8. The molecule has 0 aromatic heterocycles. The van der Waals surface area contributed by atoms with Gasteiger partial charge in [-0.2, -0.15) is 0 Å². The summed E-state index contributed by atoms with van der Waals surface area (Å²) in [7, 11) is 0. The minimum Gasteiger partial charge on any atom is -0.478 e. The number of benzene rings is 1. The van der Waals surface area contributed by atoms with Crippen molar-refractivity contribution in [1.29, 1.82) is 0 Å². The first kappa shape index (κ1) is 17.7. The van der Waals surface area contributed by atoms with Crippen molar-refractivity contribution in [2.75, 3.05) is 25.0 Å². The maximum atomic E-state index is 12.1. The normalized spacial score (nSPS) is 23.3. The van der Waals surface area contributed by atoms with Crippen LogP contribution >= 0.6 is 0 Å². The van der Waals surface area contributed by atoms with Gasteiger partial charge in [0, 0.05) is 19.1 Å². The average molecular weight is 345 g/mol. The highest BCUT2D eigenvalue weighted by molar-refractivity contribution is 5.99. The molecular weight excluding hydrogens is 318 g/mol. The van der Waals surface area contributed by atoms with E-state index in [1.54, 1.807) is 12.1 Å². The maximum Gasteiger partial charge on any atom is 0.266 e. The summed E-state index contributed by atoms with van der Waals surface area (Å²) in [5.41, 5.74) is 0.653. The van der Waals surface area contributed by atoms with Crippen molar-refractivity contribution in [3.8, 4) is 5.75 Å². The summed E-state index contributed by atoms with van der Waals surface area (Å²) in [5, 5.41) is 5.68. The maximum absolute atomic E-state index is 12.1. The summed E-state index contributed by atoms with van der Waals surface area (Å²) in [4.78, 5) is 26.6. The Morgan fingerprint density at radius 3 is 3.04 bits per heavy atom. The van der Waals surface area contributed by atoms with E-state index in [0.717, 1.165) is 19.5 Å². The van der Waals surface area contributed by atoms with Crippen LogP contribution in [0.5, 0.6) is 5.75 Å². The predicted molar refractivity (Wildman–Crippen MR) is 96.6 cm³/mol. The van der Waals surface area contributed by atoms with Gasteiger partial charge in [-0.1, -0.05) is 18.6 Å². The average Bonchev–Trinajstić information content (AvgIpc) is 2.61. The van der Waals surface area contributed by atoms with Crippen molar-refractivity contribution < 1.29 is 14.3 Å². The molecule has 0 unspecified atom stereocenters. The molecule has 2 heterocycles. The number of rotatable bonds is 6. The van der Waals surface area contributed by atoms with Gasteiger partial charge in [0.25, 0.3) is 5.91 Å². The molecule has 1 aromatic carbocycles. The quantitative estimate of drug-likeness (QED) is 0.775. The van der Waals surface area contributed by atoms with Crippen LogP contribution in [-0.4, -0.2) is 48.5 Å². The summed E-state index contributed by atoms with van der Waals surface area (Å²) < 4.78 is 5.65. The number of amides is 2. The lowest BCUT2D eigenvalue weighted by atomic mass is 10.0. The Hall–Kier alpha value is -2.08. The molecule has 2 N–H and O–H groups in total. The van der Waals surface area contributed by atoms with Crippen molar-refractivity contribution in [2.24, 2.45) is 0 Å². The first-order chi connectivity index (χ1) is 12.1. The van der Waals surface area contributed by atoms with Gasteiger partial charge < -0.3 is 20.3 Å². The topological polar surface area (TPSA) is 70.7 Å². The highest BCUT2D eigenvalue weighted by Crippen LogP contribution is 2.29. The highest BCUT2D eigenvalue weighted by Gasteiger charge is 2.29. The summed E-state index contributed by atoms with van der Waals surface area (Å²) >= 11 is 0. The van der Waals surface area contributed by atoms with E-state index in [1.165, 1.54) is 19.3 Å². The predicted octanol–water partition coefficient (Wildman–Crippen LogP) is 2.16. The minimum absolute atomic E-state index is 0.0419. The van der Waals surface area contributed by atoms with E-state index in [0.29, 0.717) is 24.0 Å². The number of nitrogens with zero attached hydrogens (tertiary/aromatic N) is 1. The number of ether oxygens (including phenoxy) is 1. The zero-order valence-corrected chi connectivity index (χ0v) is 14.8. The fraction of sp³-hybridized carbons (Fsp3) is 0.579. The molecule has 0 spiro atoms. The fourth-order valence-corrected chi connectivity index (χ4v) is 3.47. The smallest absolute Gasteiger partial charge is 0.266 e. The Morgan fingerprint density at radius 1 is 1.36 bits per heavy atom. The van der Waals surface area contributed by atoms with Gasteiger partial charge in [-0.15, -0.1) is 0 Å². The molecule has 0 saturated carbocycles. The number of carbonyl (C=O) groups is 2. The Kier molecular flexibility index (Phi) is 5.91. The zero-order chi connectivity index (χ0) is 17.6. The van der Waals surface area contributed by atoms with Crippen molar-refractivity contribution in [3.63, 3.8) is 0 Å². The number of nitrogens with one attached hydrogen (secondary N) is 2. The fourth-order valence-electron chi connectivity index (χ4n) is 3.47. The standard InChI is InChI=1S/C19H27N3O3/c1-14-7-4-5-11-22(14)12-6-10-20-18(23)13-17-19(24)21-15-8-2-3-9-16(15)25-17/h2-3,8-9,14,17H,4-7,10-13H2,1H3,(H,20,23)(H,21,24)/t14-,17+/m0/s1. The van der Waals surface area contributed by atoms with Gasteiger partial charge in [-0.3, -0.25) is 9.59 Å². The summed E-state index contributed by atoms with van der Waals surface area (Å²) in [6, 6.07) is 7.89. The molecule has 2 atom stereocenters. The number of piperidine rings is 1. The minimum atomic E-state index is -0.767. The molecule has 1 aromatic rings. The SMILES string of the molecule is C[C@H]1CCCCN1CCCNC(=O)C[C@H]1Oc2ccccc2NC1=O. The number of para-hydroxylation sites is 2. The van der Waals surface area contributed by atoms with Crippen molar-refractivity contribution in [1.82, 2.24) is 10.2 Å². The van der Waals surface area contributed by atoms with Gasteiger partial charge in [0.1, 0.15) is 5.75 Å². The molecule has 2 aliphatic rings. The van der Waals surface area contributed by atoms with Crippen LogP contribution in [0.25, 0.3) is 0 Å². The molecular formula is C19H27N3O3. The first-order valence-electron chi connectivity index (χ1n) is 9.21. The molecule has 6 nitrogen and oxygen atoms in total. The number of carbonyl (C=O) groups excluding carboxylic acids is 2. The van der Waals surface area contributed by atoms with E-state index in [2.05, 4.69) is 22.5 Å². The van der Waals surface area contributed by atoms with E-state index in [-0.39, 0.29) is 18.2 Å². The largest absolute Gasteiger partial charge is 0.478 e. The molecule has 0 radical (unpaired) electrons. The van der Waals surface area contributed by atoms with E-state index in [9.17, 15) is 9.59 Å². The Labute approximate surface area is 148 Å². The third-order valence-electron chi connectivity index (χ3n) is 4.96. The van der Waals surface area contributed by atoms with E-state index < -0.39 is 6.10 Å². The monoisotopic (exact) mass is 345 g/mol. The lowest BCUT2D eigenvalue weighted by Gasteiger charge is -2.33. The summed E-state index contributed by atoms with van der Waals surface area (Å²) in [5.74, 6) is 0.196. The van der Waals surface area contributed by atoms with Gasteiger partial charge in [0.15, 0.2) is 6.10 Å². The van der Waals surface area contributed by atoms with Crippen LogP contribution in [0.2, 0.25) is 0 Å². The first-order valence-corrected chi connectivity index (χ1v) is 9.21. The Morgan fingerprint density at radius 2 is 2.20 bits per heavy atom. The van der Waals surface area contributed by atoms with Gasteiger partial charge in [0.2, 0.25) is 5.91 Å². The van der Waals surface area contributed by atoms with Crippen molar-refractivity contribution >= 4 is 17.5 Å². The Bertz CT molecular complexity index is 620. The van der Waals surface area contributed by atoms with E-state index in [1.807, 2.05) is 12.1 Å². The summed E-state index contributed by atoms with van der Waals surface area (Å²) in [6.45, 7) is 5.07. The highest BCUT2D eigenvalue weighted by atomic mass is 16.5. The second kappa shape index (κ2) is 8.34. The van der Waals surface area contributed by atoms with Crippen molar-refractivity contribution in [2.45, 2.75) is 51.2 Å². The van der Waals surface area contributed by atoms with Crippen LogP contribution in [0.1, 0.15) is 39.0 Å². The van der Waals surface area contributed by atoms with Crippen LogP contribution < -0.4 is 15.4 Å². The number of hydrogen-bond donors (Lipinski definition) is 2. The van der Waals surface area contributed by atoms with E-state index in [4.69, 9.17) is 4.74 Å².